The van der Waals surface area contributed by atoms with E-state index in [2.05, 4.69) is 4.98 Å². The van der Waals surface area contributed by atoms with Gasteiger partial charge < -0.3 is 18.9 Å². The molecule has 2 aromatic rings. The number of fused-ring (bicyclic) bond motifs is 1. The summed E-state index contributed by atoms with van der Waals surface area (Å²) in [6, 6.07) is 3.02. The van der Waals surface area contributed by atoms with Crippen LogP contribution in [0.1, 0.15) is 22.8 Å². The maximum absolute atomic E-state index is 13.5. The SMILES string of the molecule is CC(F)Oc1ccc(C(=O)Cc2c(Cl)cncc2Cl)c2c1OCC1(COC1)CO2. The minimum Gasteiger partial charge on any atom is -0.488 e. The summed E-state index contributed by atoms with van der Waals surface area (Å²) in [6.45, 7) is 2.87. The Kier molecular flexibility index (Phi) is 5.55. The van der Waals surface area contributed by atoms with Crippen LogP contribution in [-0.2, 0) is 11.2 Å². The normalized spacial score (nSPS) is 17.9. The number of ketones is 1. The molecule has 1 aromatic heterocycles. The zero-order chi connectivity index (χ0) is 20.6. The van der Waals surface area contributed by atoms with Gasteiger partial charge in [-0.1, -0.05) is 23.2 Å². The smallest absolute Gasteiger partial charge is 0.236 e. The van der Waals surface area contributed by atoms with Crippen molar-refractivity contribution in [2.45, 2.75) is 19.7 Å². The lowest BCUT2D eigenvalue weighted by Gasteiger charge is -2.38. The minimum absolute atomic E-state index is 0.0516. The number of hydrogen-bond donors (Lipinski definition) is 0. The standard InChI is InChI=1S/C20H18Cl2FNO5/c1-11(23)29-17-3-2-12(16(25)4-13-14(21)5-24-6-15(13)22)18-19(17)28-10-20(9-27-18)7-26-8-20/h2-3,5-6,11H,4,7-10H2,1H3. The Morgan fingerprint density at radius 2 is 1.83 bits per heavy atom. The lowest BCUT2D eigenvalue weighted by molar-refractivity contribution is -0.143. The fourth-order valence-corrected chi connectivity index (χ4v) is 3.72. The first-order chi connectivity index (χ1) is 13.9. The molecule has 9 heteroatoms. The van der Waals surface area contributed by atoms with Gasteiger partial charge in [0.05, 0.1) is 34.2 Å². The summed E-state index contributed by atoms with van der Waals surface area (Å²) in [4.78, 5) is 17.0. The summed E-state index contributed by atoms with van der Waals surface area (Å²) >= 11 is 12.3. The van der Waals surface area contributed by atoms with Crippen molar-refractivity contribution in [1.29, 1.82) is 0 Å². The van der Waals surface area contributed by atoms with Crippen LogP contribution in [0, 0.1) is 5.41 Å². The third-order valence-electron chi connectivity index (χ3n) is 4.82. The molecule has 0 saturated carbocycles. The van der Waals surface area contributed by atoms with Crippen LogP contribution < -0.4 is 14.2 Å². The molecule has 1 fully saturated rings. The number of nitrogens with zero attached hydrogens (tertiary/aromatic N) is 1. The molecule has 1 spiro atoms. The van der Waals surface area contributed by atoms with Crippen molar-refractivity contribution in [2.75, 3.05) is 26.4 Å². The van der Waals surface area contributed by atoms with Gasteiger partial charge in [0.25, 0.3) is 0 Å². The second-order valence-electron chi connectivity index (χ2n) is 7.18. The van der Waals surface area contributed by atoms with Gasteiger partial charge in [0, 0.05) is 31.3 Å². The zero-order valence-corrected chi connectivity index (χ0v) is 17.1. The molecule has 1 atom stereocenters. The molecule has 3 heterocycles. The summed E-state index contributed by atoms with van der Waals surface area (Å²) in [6.07, 6.45) is 1.25. The number of carbonyl (C=O) groups is 1. The predicted molar refractivity (Wildman–Crippen MR) is 104 cm³/mol. The number of rotatable bonds is 5. The number of benzene rings is 1. The zero-order valence-electron chi connectivity index (χ0n) is 15.5. The van der Waals surface area contributed by atoms with Crippen molar-refractivity contribution in [1.82, 2.24) is 4.98 Å². The number of carbonyl (C=O) groups excluding carboxylic acids is 1. The lowest BCUT2D eigenvalue weighted by atomic mass is 9.88. The monoisotopic (exact) mass is 441 g/mol. The van der Waals surface area contributed by atoms with Crippen LogP contribution >= 0.6 is 23.2 Å². The van der Waals surface area contributed by atoms with E-state index in [4.69, 9.17) is 42.1 Å². The van der Waals surface area contributed by atoms with Crippen molar-refractivity contribution < 1.29 is 28.1 Å². The highest BCUT2D eigenvalue weighted by Gasteiger charge is 2.43. The third-order valence-corrected chi connectivity index (χ3v) is 5.47. The highest BCUT2D eigenvalue weighted by atomic mass is 35.5. The maximum Gasteiger partial charge on any atom is 0.236 e. The summed E-state index contributed by atoms with van der Waals surface area (Å²) < 4.78 is 35.9. The van der Waals surface area contributed by atoms with Gasteiger partial charge in [-0.15, -0.1) is 0 Å². The van der Waals surface area contributed by atoms with Crippen LogP contribution in [0.4, 0.5) is 4.39 Å². The molecule has 2 aliphatic heterocycles. The molecule has 0 radical (unpaired) electrons. The Balaban J connectivity index is 1.69. The van der Waals surface area contributed by atoms with Gasteiger partial charge in [0.15, 0.2) is 17.3 Å². The number of ether oxygens (including phenoxy) is 4. The molecule has 0 bridgehead atoms. The fraction of sp³-hybridized carbons (Fsp3) is 0.400. The van der Waals surface area contributed by atoms with Crippen molar-refractivity contribution >= 4 is 29.0 Å². The van der Waals surface area contributed by atoms with E-state index < -0.39 is 6.36 Å². The Morgan fingerprint density at radius 3 is 2.41 bits per heavy atom. The van der Waals surface area contributed by atoms with Crippen LogP contribution in [0.5, 0.6) is 17.2 Å². The second-order valence-corrected chi connectivity index (χ2v) is 8.00. The van der Waals surface area contributed by atoms with Gasteiger partial charge in [0.1, 0.15) is 13.2 Å². The minimum atomic E-state index is -1.55. The summed E-state index contributed by atoms with van der Waals surface area (Å²) in [5, 5.41) is 0.594. The van der Waals surface area contributed by atoms with E-state index in [1.54, 1.807) is 0 Å². The molecule has 6 nitrogen and oxygen atoms in total. The molecule has 1 saturated heterocycles. The van der Waals surface area contributed by atoms with Gasteiger partial charge >= 0.3 is 0 Å². The van der Waals surface area contributed by atoms with Crippen LogP contribution in [-0.4, -0.2) is 43.6 Å². The summed E-state index contributed by atoms with van der Waals surface area (Å²) in [5.41, 5.74) is 0.452. The second kappa shape index (κ2) is 7.97. The van der Waals surface area contributed by atoms with Crippen molar-refractivity contribution in [3.05, 3.63) is 45.7 Å². The maximum atomic E-state index is 13.5. The molecule has 154 valence electrons. The molecule has 1 aromatic carbocycles. The van der Waals surface area contributed by atoms with Gasteiger partial charge in [-0.2, -0.15) is 0 Å². The van der Waals surface area contributed by atoms with Crippen LogP contribution in [0.3, 0.4) is 0 Å². The van der Waals surface area contributed by atoms with Gasteiger partial charge in [-0.25, -0.2) is 4.39 Å². The number of aromatic nitrogens is 1. The van der Waals surface area contributed by atoms with E-state index in [-0.39, 0.29) is 40.4 Å². The summed E-state index contributed by atoms with van der Waals surface area (Å²) in [5.74, 6) is 0.318. The van der Waals surface area contributed by atoms with Crippen LogP contribution in [0.2, 0.25) is 10.0 Å². The van der Waals surface area contributed by atoms with Crippen LogP contribution in [0.15, 0.2) is 24.5 Å². The third kappa shape index (κ3) is 3.99. The van der Waals surface area contributed by atoms with Crippen molar-refractivity contribution in [3.8, 4) is 17.2 Å². The van der Waals surface area contributed by atoms with Gasteiger partial charge in [0.2, 0.25) is 12.1 Å². The highest BCUT2D eigenvalue weighted by Crippen LogP contribution is 2.46. The Hall–Kier alpha value is -2.09. The average Bonchev–Trinajstić information content (AvgIpc) is 2.85. The van der Waals surface area contributed by atoms with Gasteiger partial charge in [-0.05, 0) is 12.1 Å². The molecule has 0 N–H and O–H groups in total. The summed E-state index contributed by atoms with van der Waals surface area (Å²) in [7, 11) is 0. The van der Waals surface area contributed by atoms with E-state index >= 15 is 0 Å². The predicted octanol–water partition coefficient (Wildman–Crippen LogP) is 4.30. The molecular formula is C20H18Cl2FNO5. The van der Waals surface area contributed by atoms with E-state index in [0.29, 0.717) is 42.0 Å². The number of alkyl halides is 1. The van der Waals surface area contributed by atoms with Crippen LogP contribution in [0.25, 0.3) is 0 Å². The topological polar surface area (TPSA) is 66.9 Å². The fourth-order valence-electron chi connectivity index (χ4n) is 3.22. The first kappa shape index (κ1) is 20.2. The van der Waals surface area contributed by atoms with Crippen molar-refractivity contribution in [2.24, 2.45) is 5.41 Å². The number of halogens is 3. The molecule has 29 heavy (non-hydrogen) atoms. The Bertz CT molecular complexity index is 928. The number of Topliss-reactive ketones (excluding diaryl/α,β-unsaturated/α-hetero) is 1. The van der Waals surface area contributed by atoms with E-state index in [9.17, 15) is 9.18 Å². The largest absolute Gasteiger partial charge is 0.488 e. The molecule has 1 unspecified atom stereocenters. The molecule has 2 aliphatic rings. The Morgan fingerprint density at radius 1 is 1.17 bits per heavy atom. The van der Waals surface area contributed by atoms with E-state index in [1.165, 1.54) is 31.5 Å². The molecule has 0 amide bonds. The number of pyridine rings is 1. The molecule has 0 aliphatic carbocycles. The molecular weight excluding hydrogens is 424 g/mol. The number of hydrogen-bond acceptors (Lipinski definition) is 6. The molecule has 4 rings (SSSR count). The quantitative estimate of drug-likeness (QED) is 0.644. The highest BCUT2D eigenvalue weighted by molar-refractivity contribution is 6.36. The van der Waals surface area contributed by atoms with E-state index in [0.717, 1.165) is 0 Å². The van der Waals surface area contributed by atoms with Gasteiger partial charge in [-0.3, -0.25) is 9.78 Å². The first-order valence-corrected chi connectivity index (χ1v) is 9.76. The van der Waals surface area contributed by atoms with Crippen molar-refractivity contribution in [3.63, 3.8) is 0 Å². The first-order valence-electron chi connectivity index (χ1n) is 9.01. The van der Waals surface area contributed by atoms with E-state index in [1.807, 2.05) is 0 Å². The Labute approximate surface area is 176 Å². The lowest BCUT2D eigenvalue weighted by Crippen LogP contribution is -2.50. The average molecular weight is 442 g/mol.